The van der Waals surface area contributed by atoms with E-state index >= 15 is 0 Å². The second-order valence-corrected chi connectivity index (χ2v) is 5.18. The van der Waals surface area contributed by atoms with E-state index in [4.69, 9.17) is 4.74 Å². The molecule has 0 aromatic carbocycles. The third-order valence-electron chi connectivity index (χ3n) is 3.68. The number of methoxy groups -OCH3 is 1. The van der Waals surface area contributed by atoms with Gasteiger partial charge in [0, 0.05) is 37.6 Å². The second-order valence-electron chi connectivity index (χ2n) is 5.18. The van der Waals surface area contributed by atoms with Crippen molar-refractivity contribution in [2.24, 2.45) is 0 Å². The molecule has 5 nitrogen and oxygen atoms in total. The summed E-state index contributed by atoms with van der Waals surface area (Å²) < 4.78 is 5.08. The molecule has 0 unspecified atom stereocenters. The van der Waals surface area contributed by atoms with Crippen molar-refractivity contribution in [3.63, 3.8) is 0 Å². The molecule has 0 aliphatic heterocycles. The smallest absolute Gasteiger partial charge is 0.212 e. The first kappa shape index (κ1) is 16.4. The molecule has 0 saturated heterocycles. The number of nitrogens with zero attached hydrogens (tertiary/aromatic N) is 3. The first-order chi connectivity index (χ1) is 10.8. The van der Waals surface area contributed by atoms with Crippen molar-refractivity contribution in [2.75, 3.05) is 13.7 Å². The molecule has 0 bridgehead atoms. The molecule has 0 amide bonds. The van der Waals surface area contributed by atoms with E-state index in [-0.39, 0.29) is 12.6 Å². The van der Waals surface area contributed by atoms with Crippen molar-refractivity contribution >= 4 is 0 Å². The molecule has 2 heterocycles. The minimum atomic E-state index is 0.101. The van der Waals surface area contributed by atoms with Crippen molar-refractivity contribution in [3.05, 3.63) is 54.0 Å². The van der Waals surface area contributed by atoms with E-state index in [0.29, 0.717) is 19.0 Å². The Morgan fingerprint density at radius 2 is 2.05 bits per heavy atom. The van der Waals surface area contributed by atoms with Crippen molar-refractivity contribution in [2.45, 2.75) is 32.5 Å². The molecule has 5 heteroatoms. The summed E-state index contributed by atoms with van der Waals surface area (Å²) in [5.41, 5.74) is 2.08. The molecule has 2 aromatic heterocycles. The van der Waals surface area contributed by atoms with Crippen molar-refractivity contribution in [3.8, 4) is 5.88 Å². The Bertz CT molecular complexity index is 542. The van der Waals surface area contributed by atoms with Crippen molar-refractivity contribution in [1.29, 1.82) is 0 Å². The SMILES string of the molecule is CC[C@@H](CO)N(Cc1ccc(OC)nc1)Cc1ccccn1. The van der Waals surface area contributed by atoms with Crippen LogP contribution in [-0.4, -0.2) is 39.7 Å². The molecule has 0 radical (unpaired) electrons. The van der Waals surface area contributed by atoms with E-state index in [1.54, 1.807) is 13.3 Å². The first-order valence-corrected chi connectivity index (χ1v) is 7.50. The topological polar surface area (TPSA) is 58.5 Å². The molecule has 0 aliphatic carbocycles. The highest BCUT2D eigenvalue weighted by Crippen LogP contribution is 2.15. The lowest BCUT2D eigenvalue weighted by molar-refractivity contribution is 0.105. The highest BCUT2D eigenvalue weighted by Gasteiger charge is 2.17. The van der Waals surface area contributed by atoms with Gasteiger partial charge in [-0.3, -0.25) is 9.88 Å². The third kappa shape index (κ3) is 4.51. The molecule has 0 fully saturated rings. The Morgan fingerprint density at radius 1 is 1.18 bits per heavy atom. The fourth-order valence-electron chi connectivity index (χ4n) is 2.38. The lowest BCUT2D eigenvalue weighted by Crippen LogP contribution is -2.36. The van der Waals surface area contributed by atoms with Gasteiger partial charge in [0.2, 0.25) is 5.88 Å². The van der Waals surface area contributed by atoms with Crippen LogP contribution in [0.25, 0.3) is 0 Å². The predicted molar refractivity (Wildman–Crippen MR) is 85.4 cm³/mol. The number of aliphatic hydroxyl groups excluding tert-OH is 1. The minimum absolute atomic E-state index is 0.101. The second kappa shape index (κ2) is 8.46. The molecular formula is C17H23N3O2. The Balaban J connectivity index is 2.12. The average Bonchev–Trinajstić information content (AvgIpc) is 2.57. The van der Waals surface area contributed by atoms with Gasteiger partial charge >= 0.3 is 0 Å². The number of rotatable bonds is 8. The van der Waals surface area contributed by atoms with Crippen LogP contribution in [-0.2, 0) is 13.1 Å². The van der Waals surface area contributed by atoms with Crippen LogP contribution >= 0.6 is 0 Å². The third-order valence-corrected chi connectivity index (χ3v) is 3.68. The van der Waals surface area contributed by atoms with Crippen LogP contribution in [0.1, 0.15) is 24.6 Å². The molecule has 0 saturated carbocycles. The molecule has 0 aliphatic rings. The monoisotopic (exact) mass is 301 g/mol. The van der Waals surface area contributed by atoms with Crippen molar-refractivity contribution in [1.82, 2.24) is 14.9 Å². The van der Waals surface area contributed by atoms with Crippen LogP contribution in [0.4, 0.5) is 0 Å². The maximum Gasteiger partial charge on any atom is 0.212 e. The number of hydrogen-bond acceptors (Lipinski definition) is 5. The summed E-state index contributed by atoms with van der Waals surface area (Å²) in [7, 11) is 1.61. The summed E-state index contributed by atoms with van der Waals surface area (Å²) in [5.74, 6) is 0.606. The highest BCUT2D eigenvalue weighted by atomic mass is 16.5. The van der Waals surface area contributed by atoms with Crippen LogP contribution in [0.15, 0.2) is 42.7 Å². The number of pyridine rings is 2. The van der Waals surface area contributed by atoms with Gasteiger partial charge < -0.3 is 9.84 Å². The van der Waals surface area contributed by atoms with Gasteiger partial charge in [-0.2, -0.15) is 0 Å². The molecule has 1 atom stereocenters. The largest absolute Gasteiger partial charge is 0.481 e. The lowest BCUT2D eigenvalue weighted by atomic mass is 10.1. The van der Waals surface area contributed by atoms with E-state index in [0.717, 1.165) is 17.7 Å². The molecular weight excluding hydrogens is 278 g/mol. The Kier molecular flexibility index (Phi) is 6.30. The van der Waals surface area contributed by atoms with Gasteiger partial charge in [0.25, 0.3) is 0 Å². The summed E-state index contributed by atoms with van der Waals surface area (Å²) in [6, 6.07) is 9.85. The predicted octanol–water partition coefficient (Wildman–Crippen LogP) is 2.26. The molecule has 22 heavy (non-hydrogen) atoms. The van der Waals surface area contributed by atoms with Crippen LogP contribution in [0, 0.1) is 0 Å². The number of hydrogen-bond donors (Lipinski definition) is 1. The minimum Gasteiger partial charge on any atom is -0.481 e. The van der Waals surface area contributed by atoms with Crippen LogP contribution in [0.5, 0.6) is 5.88 Å². The lowest BCUT2D eigenvalue weighted by Gasteiger charge is -2.29. The number of ether oxygens (including phenoxy) is 1. The molecule has 2 rings (SSSR count). The maximum absolute atomic E-state index is 9.64. The zero-order valence-corrected chi connectivity index (χ0v) is 13.1. The first-order valence-electron chi connectivity index (χ1n) is 7.50. The summed E-state index contributed by atoms with van der Waals surface area (Å²) in [6.45, 7) is 3.63. The van der Waals surface area contributed by atoms with E-state index in [9.17, 15) is 5.11 Å². The quantitative estimate of drug-likeness (QED) is 0.810. The molecule has 1 N–H and O–H groups in total. The fourth-order valence-corrected chi connectivity index (χ4v) is 2.38. The van der Waals surface area contributed by atoms with Gasteiger partial charge in [-0.25, -0.2) is 4.98 Å². The zero-order valence-electron chi connectivity index (χ0n) is 13.1. The molecule has 2 aromatic rings. The molecule has 118 valence electrons. The Morgan fingerprint density at radius 3 is 2.59 bits per heavy atom. The normalized spacial score (nSPS) is 12.4. The summed E-state index contributed by atoms with van der Waals surface area (Å²) >= 11 is 0. The average molecular weight is 301 g/mol. The van der Waals surface area contributed by atoms with E-state index in [1.165, 1.54) is 0 Å². The summed E-state index contributed by atoms with van der Waals surface area (Å²) in [5, 5.41) is 9.64. The zero-order chi connectivity index (χ0) is 15.8. The van der Waals surface area contributed by atoms with Gasteiger partial charge in [0.1, 0.15) is 0 Å². The Labute approximate surface area is 131 Å². The van der Waals surface area contributed by atoms with Crippen LogP contribution < -0.4 is 4.74 Å². The van der Waals surface area contributed by atoms with Gasteiger partial charge in [-0.1, -0.05) is 19.1 Å². The van der Waals surface area contributed by atoms with Gasteiger partial charge in [0.15, 0.2) is 0 Å². The van der Waals surface area contributed by atoms with Gasteiger partial charge in [0.05, 0.1) is 19.4 Å². The van der Waals surface area contributed by atoms with Crippen LogP contribution in [0.2, 0.25) is 0 Å². The van der Waals surface area contributed by atoms with Crippen molar-refractivity contribution < 1.29 is 9.84 Å². The number of aromatic nitrogens is 2. The maximum atomic E-state index is 9.64. The van der Waals surface area contributed by atoms with E-state index < -0.39 is 0 Å². The highest BCUT2D eigenvalue weighted by molar-refractivity contribution is 5.18. The fraction of sp³-hybridized carbons (Fsp3) is 0.412. The number of aliphatic hydroxyl groups is 1. The summed E-state index contributed by atoms with van der Waals surface area (Å²) in [6.07, 6.45) is 4.49. The standard InChI is InChI=1S/C17H23N3O2/c1-3-16(13-21)20(12-15-6-4-5-9-18-15)11-14-7-8-17(22-2)19-10-14/h4-10,16,21H,3,11-13H2,1-2H3/t16-/m0/s1. The molecule has 0 spiro atoms. The summed E-state index contributed by atoms with van der Waals surface area (Å²) in [4.78, 5) is 10.8. The van der Waals surface area contributed by atoms with Gasteiger partial charge in [-0.05, 0) is 24.1 Å². The Hall–Kier alpha value is -1.98. The van der Waals surface area contributed by atoms with Crippen LogP contribution in [0.3, 0.4) is 0 Å². The van der Waals surface area contributed by atoms with Gasteiger partial charge in [-0.15, -0.1) is 0 Å². The van der Waals surface area contributed by atoms with E-state index in [1.807, 2.05) is 36.5 Å². The van der Waals surface area contributed by atoms with E-state index in [2.05, 4.69) is 21.8 Å².